The van der Waals surface area contributed by atoms with Gasteiger partial charge in [0.05, 0.1) is 6.61 Å². The zero-order valence-corrected chi connectivity index (χ0v) is 16.4. The Bertz CT molecular complexity index is 510. The van der Waals surface area contributed by atoms with Crippen LogP contribution in [0.3, 0.4) is 0 Å². The molecular formula is C24H36O2. The van der Waals surface area contributed by atoms with Gasteiger partial charge in [-0.2, -0.15) is 0 Å². The lowest BCUT2D eigenvalue weighted by Crippen LogP contribution is -1.96. The van der Waals surface area contributed by atoms with Crippen LogP contribution in [0.15, 0.2) is 60.7 Å². The smallest absolute Gasteiger partial charge is 0.119 e. The SMILES string of the molecule is CCCCCCCCCCCCOc1ccccc1.Oc1ccccc1. The predicted octanol–water partition coefficient (Wildman–Crippen LogP) is 7.38. The first-order chi connectivity index (χ1) is 12.8. The average molecular weight is 357 g/mol. The van der Waals surface area contributed by atoms with Crippen molar-refractivity contribution < 1.29 is 9.84 Å². The Kier molecular flexibility index (Phi) is 14.0. The molecule has 0 spiro atoms. The second-order valence-electron chi connectivity index (χ2n) is 6.68. The fourth-order valence-corrected chi connectivity index (χ4v) is 2.72. The summed E-state index contributed by atoms with van der Waals surface area (Å²) in [7, 11) is 0. The van der Waals surface area contributed by atoms with Gasteiger partial charge >= 0.3 is 0 Å². The fraction of sp³-hybridized carbons (Fsp3) is 0.500. The van der Waals surface area contributed by atoms with Crippen LogP contribution in [0.4, 0.5) is 0 Å². The summed E-state index contributed by atoms with van der Waals surface area (Å²) in [6, 6.07) is 18.8. The maximum atomic E-state index is 8.63. The number of para-hydroxylation sites is 2. The van der Waals surface area contributed by atoms with Crippen LogP contribution >= 0.6 is 0 Å². The van der Waals surface area contributed by atoms with Crippen LogP contribution in [0, 0.1) is 0 Å². The lowest BCUT2D eigenvalue weighted by Gasteiger charge is -2.05. The number of rotatable bonds is 12. The van der Waals surface area contributed by atoms with Crippen molar-refractivity contribution in [1.82, 2.24) is 0 Å². The molecule has 144 valence electrons. The molecule has 1 N–H and O–H groups in total. The minimum atomic E-state index is 0.322. The molecule has 2 nitrogen and oxygen atoms in total. The molecule has 0 aliphatic carbocycles. The second kappa shape index (κ2) is 16.5. The first-order valence-corrected chi connectivity index (χ1v) is 10.2. The van der Waals surface area contributed by atoms with E-state index in [1.807, 2.05) is 36.4 Å². The van der Waals surface area contributed by atoms with E-state index in [9.17, 15) is 0 Å². The molecule has 0 saturated carbocycles. The zero-order valence-electron chi connectivity index (χ0n) is 16.4. The number of phenols is 1. The van der Waals surface area contributed by atoms with E-state index in [4.69, 9.17) is 9.84 Å². The first-order valence-electron chi connectivity index (χ1n) is 10.2. The molecule has 2 aromatic carbocycles. The van der Waals surface area contributed by atoms with E-state index in [0.29, 0.717) is 5.75 Å². The van der Waals surface area contributed by atoms with Gasteiger partial charge in [-0.15, -0.1) is 0 Å². The van der Waals surface area contributed by atoms with Gasteiger partial charge in [-0.05, 0) is 30.7 Å². The highest BCUT2D eigenvalue weighted by Gasteiger charge is 1.94. The highest BCUT2D eigenvalue weighted by Crippen LogP contribution is 2.12. The topological polar surface area (TPSA) is 29.5 Å². The molecule has 0 unspecified atom stereocenters. The highest BCUT2D eigenvalue weighted by molar-refractivity contribution is 5.20. The lowest BCUT2D eigenvalue weighted by molar-refractivity contribution is 0.304. The number of hydrogen-bond acceptors (Lipinski definition) is 2. The molecule has 0 saturated heterocycles. The van der Waals surface area contributed by atoms with Crippen molar-refractivity contribution in [3.63, 3.8) is 0 Å². The van der Waals surface area contributed by atoms with E-state index in [0.717, 1.165) is 12.4 Å². The van der Waals surface area contributed by atoms with Crippen molar-refractivity contribution in [3.05, 3.63) is 60.7 Å². The number of hydrogen-bond donors (Lipinski definition) is 1. The molecular weight excluding hydrogens is 320 g/mol. The second-order valence-corrected chi connectivity index (χ2v) is 6.68. The fourth-order valence-electron chi connectivity index (χ4n) is 2.72. The molecule has 0 aliphatic rings. The molecule has 2 rings (SSSR count). The molecule has 0 radical (unpaired) electrons. The van der Waals surface area contributed by atoms with Gasteiger partial charge in [-0.1, -0.05) is 101 Å². The molecule has 0 fully saturated rings. The molecule has 0 amide bonds. The maximum absolute atomic E-state index is 8.63. The lowest BCUT2D eigenvalue weighted by atomic mass is 10.1. The average Bonchev–Trinajstić information content (AvgIpc) is 2.68. The predicted molar refractivity (Wildman–Crippen MR) is 112 cm³/mol. The van der Waals surface area contributed by atoms with Gasteiger partial charge in [0.1, 0.15) is 11.5 Å². The summed E-state index contributed by atoms with van der Waals surface area (Å²) in [5.41, 5.74) is 0. The number of unbranched alkanes of at least 4 members (excludes halogenated alkanes) is 9. The van der Waals surface area contributed by atoms with E-state index < -0.39 is 0 Å². The van der Waals surface area contributed by atoms with Crippen LogP contribution in [0.1, 0.15) is 71.1 Å². The molecule has 0 bridgehead atoms. The Morgan fingerprint density at radius 3 is 1.54 bits per heavy atom. The molecule has 0 aliphatic heterocycles. The monoisotopic (exact) mass is 356 g/mol. The van der Waals surface area contributed by atoms with Crippen molar-refractivity contribution in [3.8, 4) is 11.5 Å². The quantitative estimate of drug-likeness (QED) is 0.402. The maximum Gasteiger partial charge on any atom is 0.119 e. The van der Waals surface area contributed by atoms with Gasteiger partial charge in [0.2, 0.25) is 0 Å². The van der Waals surface area contributed by atoms with Gasteiger partial charge in [0.25, 0.3) is 0 Å². The molecule has 0 heterocycles. The summed E-state index contributed by atoms with van der Waals surface area (Å²) >= 11 is 0. The third-order valence-electron chi connectivity index (χ3n) is 4.27. The van der Waals surface area contributed by atoms with Crippen LogP contribution in [-0.2, 0) is 0 Å². The number of aromatic hydroxyl groups is 1. The summed E-state index contributed by atoms with van der Waals surface area (Å²) in [4.78, 5) is 0. The third kappa shape index (κ3) is 13.3. The zero-order chi connectivity index (χ0) is 18.7. The van der Waals surface area contributed by atoms with Crippen LogP contribution in [0.2, 0.25) is 0 Å². The van der Waals surface area contributed by atoms with E-state index >= 15 is 0 Å². The third-order valence-corrected chi connectivity index (χ3v) is 4.27. The standard InChI is InChI=1S/C18H30O.C6H6O/c1-2-3-4-5-6-7-8-9-10-14-17-19-18-15-12-11-13-16-18;7-6-4-2-1-3-5-6/h11-13,15-16H,2-10,14,17H2,1H3;1-5,7H. The molecule has 2 aromatic rings. The van der Waals surface area contributed by atoms with Crippen molar-refractivity contribution in [2.75, 3.05) is 6.61 Å². The van der Waals surface area contributed by atoms with E-state index in [-0.39, 0.29) is 0 Å². The molecule has 0 atom stereocenters. The van der Waals surface area contributed by atoms with Crippen LogP contribution in [0.5, 0.6) is 11.5 Å². The summed E-state index contributed by atoms with van der Waals surface area (Å²) in [6.45, 7) is 3.14. The van der Waals surface area contributed by atoms with Crippen molar-refractivity contribution >= 4 is 0 Å². The number of benzene rings is 2. The summed E-state index contributed by atoms with van der Waals surface area (Å²) in [6.07, 6.45) is 13.7. The van der Waals surface area contributed by atoms with Crippen LogP contribution < -0.4 is 4.74 Å². The summed E-state index contributed by atoms with van der Waals surface area (Å²) < 4.78 is 5.68. The largest absolute Gasteiger partial charge is 0.508 e. The van der Waals surface area contributed by atoms with Crippen LogP contribution in [-0.4, -0.2) is 11.7 Å². The Labute approximate surface area is 160 Å². The first kappa shape index (κ1) is 22.1. The van der Waals surface area contributed by atoms with Crippen molar-refractivity contribution in [1.29, 1.82) is 0 Å². The van der Waals surface area contributed by atoms with Crippen molar-refractivity contribution in [2.45, 2.75) is 71.1 Å². The van der Waals surface area contributed by atoms with Gasteiger partial charge in [0.15, 0.2) is 0 Å². The summed E-state index contributed by atoms with van der Waals surface area (Å²) in [5.74, 6) is 1.32. The van der Waals surface area contributed by atoms with Gasteiger partial charge in [0, 0.05) is 0 Å². The highest BCUT2D eigenvalue weighted by atomic mass is 16.5. The molecule has 0 aromatic heterocycles. The Balaban J connectivity index is 0.000000401. The van der Waals surface area contributed by atoms with Crippen LogP contribution in [0.25, 0.3) is 0 Å². The molecule has 26 heavy (non-hydrogen) atoms. The number of phenolic OH excluding ortho intramolecular Hbond substituents is 1. The van der Waals surface area contributed by atoms with Gasteiger partial charge < -0.3 is 9.84 Å². The Hall–Kier alpha value is -1.96. The Morgan fingerprint density at radius 1 is 0.615 bits per heavy atom. The summed E-state index contributed by atoms with van der Waals surface area (Å²) in [5, 5.41) is 8.63. The van der Waals surface area contributed by atoms with E-state index in [2.05, 4.69) is 6.92 Å². The van der Waals surface area contributed by atoms with Gasteiger partial charge in [-0.3, -0.25) is 0 Å². The Morgan fingerprint density at radius 2 is 1.08 bits per heavy atom. The minimum Gasteiger partial charge on any atom is -0.508 e. The van der Waals surface area contributed by atoms with E-state index in [1.165, 1.54) is 64.2 Å². The minimum absolute atomic E-state index is 0.322. The number of ether oxygens (including phenoxy) is 1. The van der Waals surface area contributed by atoms with Crippen molar-refractivity contribution in [2.24, 2.45) is 0 Å². The van der Waals surface area contributed by atoms with Gasteiger partial charge in [-0.25, -0.2) is 0 Å². The normalized spacial score (nSPS) is 10.0. The molecule has 2 heteroatoms. The van der Waals surface area contributed by atoms with E-state index in [1.54, 1.807) is 24.3 Å².